The van der Waals surface area contributed by atoms with Crippen molar-refractivity contribution in [3.8, 4) is 11.4 Å². The van der Waals surface area contributed by atoms with Crippen LogP contribution in [0.5, 0.6) is 5.75 Å². The molecule has 0 saturated carbocycles. The van der Waals surface area contributed by atoms with Gasteiger partial charge in [-0.2, -0.15) is 4.68 Å². The van der Waals surface area contributed by atoms with Crippen LogP contribution in [0.3, 0.4) is 0 Å². The molecule has 9 heteroatoms. The molecule has 0 aliphatic rings. The quantitative estimate of drug-likeness (QED) is 0.499. The summed E-state index contributed by atoms with van der Waals surface area (Å²) in [5, 5.41) is 10.8. The molecule has 0 saturated heterocycles. The summed E-state index contributed by atoms with van der Waals surface area (Å²) in [5.74, 6) is 0.438. The van der Waals surface area contributed by atoms with Gasteiger partial charge in [-0.1, -0.05) is 35.5 Å². The van der Waals surface area contributed by atoms with Gasteiger partial charge in [0.1, 0.15) is 18.6 Å². The van der Waals surface area contributed by atoms with E-state index < -0.39 is 5.56 Å². The number of hydrogen-bond donors (Lipinski definition) is 1. The van der Waals surface area contributed by atoms with E-state index in [1.165, 1.54) is 15.6 Å². The van der Waals surface area contributed by atoms with Crippen LogP contribution in [-0.4, -0.2) is 44.1 Å². The van der Waals surface area contributed by atoms with Crippen molar-refractivity contribution in [1.29, 1.82) is 0 Å². The van der Waals surface area contributed by atoms with E-state index in [2.05, 4.69) is 20.6 Å². The summed E-state index contributed by atoms with van der Waals surface area (Å²) < 4.78 is 7.85. The van der Waals surface area contributed by atoms with Gasteiger partial charge in [-0.05, 0) is 36.2 Å². The third kappa shape index (κ3) is 4.04. The highest BCUT2D eigenvalue weighted by Crippen LogP contribution is 2.16. The maximum atomic E-state index is 12.7. The zero-order valence-corrected chi connectivity index (χ0v) is 16.4. The number of hydrogen-bond acceptors (Lipinski definition) is 6. The van der Waals surface area contributed by atoms with E-state index in [0.29, 0.717) is 23.6 Å². The Kier molecular flexibility index (Phi) is 5.51. The van der Waals surface area contributed by atoms with E-state index in [-0.39, 0.29) is 18.0 Å². The Bertz CT molecular complexity index is 1220. The maximum absolute atomic E-state index is 12.7. The Labute approximate surface area is 171 Å². The van der Waals surface area contributed by atoms with Gasteiger partial charge < -0.3 is 10.1 Å². The number of fused-ring (bicyclic) bond motifs is 1. The summed E-state index contributed by atoms with van der Waals surface area (Å²) in [6, 6.07) is 17.0. The zero-order chi connectivity index (χ0) is 20.9. The van der Waals surface area contributed by atoms with Crippen molar-refractivity contribution in [1.82, 2.24) is 29.9 Å². The number of aromatic nitrogens is 5. The third-order valence-electron chi connectivity index (χ3n) is 4.64. The number of nitrogens with zero attached hydrogens (tertiary/aromatic N) is 5. The summed E-state index contributed by atoms with van der Waals surface area (Å²) in [4.78, 5) is 29.2. The molecule has 2 aromatic heterocycles. The number of ether oxygens (including phenoxy) is 1. The van der Waals surface area contributed by atoms with Gasteiger partial charge in [-0.25, -0.2) is 4.98 Å². The molecule has 0 aliphatic heterocycles. The minimum absolute atomic E-state index is 0.102. The molecular formula is C21H20N6O3. The van der Waals surface area contributed by atoms with Gasteiger partial charge in [0.05, 0.1) is 12.8 Å². The number of carbonyl (C=O) groups excluding carboxylic acids is 1. The molecule has 0 radical (unpaired) electrons. The molecule has 2 aromatic carbocycles. The topological polar surface area (TPSA) is 104 Å². The number of rotatable bonds is 7. The zero-order valence-electron chi connectivity index (χ0n) is 16.4. The van der Waals surface area contributed by atoms with Crippen molar-refractivity contribution in [2.45, 2.75) is 13.0 Å². The molecular weight excluding hydrogens is 384 g/mol. The molecule has 4 rings (SSSR count). The Morgan fingerprint density at radius 1 is 1.10 bits per heavy atom. The van der Waals surface area contributed by atoms with Crippen molar-refractivity contribution in [3.05, 3.63) is 76.8 Å². The van der Waals surface area contributed by atoms with Crippen molar-refractivity contribution in [3.63, 3.8) is 0 Å². The lowest BCUT2D eigenvalue weighted by atomic mass is 10.1. The summed E-state index contributed by atoms with van der Waals surface area (Å²) in [6.07, 6.45) is 2.06. The van der Waals surface area contributed by atoms with Crippen molar-refractivity contribution >= 4 is 17.1 Å². The SMILES string of the molecule is COc1ccc(-n2nnc3c(=O)n(CC(=O)NCCc4ccccc4)cnc32)cc1. The maximum Gasteiger partial charge on any atom is 0.284 e. The van der Waals surface area contributed by atoms with Gasteiger partial charge in [0.2, 0.25) is 5.91 Å². The van der Waals surface area contributed by atoms with E-state index in [1.807, 2.05) is 30.3 Å². The predicted octanol–water partition coefficient (Wildman–Crippen LogP) is 1.34. The molecule has 30 heavy (non-hydrogen) atoms. The fourth-order valence-electron chi connectivity index (χ4n) is 3.06. The average Bonchev–Trinajstić information content (AvgIpc) is 3.21. The second kappa shape index (κ2) is 8.56. The first-order valence-electron chi connectivity index (χ1n) is 9.41. The van der Waals surface area contributed by atoms with Crippen LogP contribution in [0.1, 0.15) is 5.56 Å². The fraction of sp³-hybridized carbons (Fsp3) is 0.190. The highest BCUT2D eigenvalue weighted by Gasteiger charge is 2.14. The first kappa shape index (κ1) is 19.3. The Balaban J connectivity index is 1.47. The largest absolute Gasteiger partial charge is 0.497 e. The molecule has 0 bridgehead atoms. The fourth-order valence-corrected chi connectivity index (χ4v) is 3.06. The minimum Gasteiger partial charge on any atom is -0.497 e. The predicted molar refractivity (Wildman–Crippen MR) is 111 cm³/mol. The number of carbonyl (C=O) groups is 1. The highest BCUT2D eigenvalue weighted by molar-refractivity contribution is 5.76. The van der Waals surface area contributed by atoms with Crippen LogP contribution in [0.4, 0.5) is 0 Å². The Hall–Kier alpha value is -4.01. The first-order chi connectivity index (χ1) is 14.7. The highest BCUT2D eigenvalue weighted by atomic mass is 16.5. The molecule has 9 nitrogen and oxygen atoms in total. The molecule has 0 unspecified atom stereocenters. The molecule has 0 atom stereocenters. The molecule has 0 spiro atoms. The smallest absolute Gasteiger partial charge is 0.284 e. The Morgan fingerprint density at radius 3 is 2.60 bits per heavy atom. The van der Waals surface area contributed by atoms with Gasteiger partial charge in [0.15, 0.2) is 11.2 Å². The second-order valence-corrected chi connectivity index (χ2v) is 6.63. The molecule has 1 N–H and O–H groups in total. The molecule has 0 aliphatic carbocycles. The van der Waals surface area contributed by atoms with Crippen LogP contribution < -0.4 is 15.6 Å². The standard InChI is InChI=1S/C21H20N6O3/c1-30-17-9-7-16(8-10-17)27-20-19(24-25-27)21(29)26(14-23-20)13-18(28)22-12-11-15-5-3-2-4-6-15/h2-10,14H,11-13H2,1H3,(H,22,28). The van der Waals surface area contributed by atoms with Crippen LogP contribution in [-0.2, 0) is 17.8 Å². The van der Waals surface area contributed by atoms with Gasteiger partial charge >= 0.3 is 0 Å². The number of methoxy groups -OCH3 is 1. The lowest BCUT2D eigenvalue weighted by molar-refractivity contribution is -0.121. The average molecular weight is 404 g/mol. The Morgan fingerprint density at radius 2 is 1.87 bits per heavy atom. The number of benzene rings is 2. The molecule has 0 fully saturated rings. The van der Waals surface area contributed by atoms with Crippen LogP contribution in [0.15, 0.2) is 65.7 Å². The lowest BCUT2D eigenvalue weighted by Crippen LogP contribution is -2.33. The van der Waals surface area contributed by atoms with Gasteiger partial charge in [0.25, 0.3) is 5.56 Å². The van der Waals surface area contributed by atoms with Gasteiger partial charge in [-0.3, -0.25) is 14.2 Å². The lowest BCUT2D eigenvalue weighted by Gasteiger charge is -2.07. The van der Waals surface area contributed by atoms with Crippen LogP contribution >= 0.6 is 0 Å². The number of amides is 1. The third-order valence-corrected chi connectivity index (χ3v) is 4.64. The van der Waals surface area contributed by atoms with Crippen LogP contribution in [0.2, 0.25) is 0 Å². The van der Waals surface area contributed by atoms with Crippen LogP contribution in [0, 0.1) is 0 Å². The van der Waals surface area contributed by atoms with E-state index in [0.717, 1.165) is 12.0 Å². The van der Waals surface area contributed by atoms with Crippen molar-refractivity contribution in [2.75, 3.05) is 13.7 Å². The summed E-state index contributed by atoms with van der Waals surface area (Å²) in [7, 11) is 1.59. The van der Waals surface area contributed by atoms with Crippen molar-refractivity contribution < 1.29 is 9.53 Å². The van der Waals surface area contributed by atoms with E-state index in [9.17, 15) is 9.59 Å². The molecule has 4 aromatic rings. The summed E-state index contributed by atoms with van der Waals surface area (Å²) in [5.41, 5.74) is 1.84. The normalized spacial score (nSPS) is 10.8. The molecule has 2 heterocycles. The summed E-state index contributed by atoms with van der Waals surface area (Å²) in [6.45, 7) is 0.354. The van der Waals surface area contributed by atoms with Gasteiger partial charge in [-0.15, -0.1) is 5.10 Å². The minimum atomic E-state index is -0.419. The van der Waals surface area contributed by atoms with E-state index in [1.54, 1.807) is 31.4 Å². The first-order valence-corrected chi connectivity index (χ1v) is 9.41. The van der Waals surface area contributed by atoms with Crippen LogP contribution in [0.25, 0.3) is 16.9 Å². The second-order valence-electron chi connectivity index (χ2n) is 6.63. The molecule has 1 amide bonds. The molecule has 152 valence electrons. The van der Waals surface area contributed by atoms with Gasteiger partial charge in [0, 0.05) is 6.54 Å². The monoisotopic (exact) mass is 404 g/mol. The van der Waals surface area contributed by atoms with E-state index >= 15 is 0 Å². The van der Waals surface area contributed by atoms with Crippen molar-refractivity contribution in [2.24, 2.45) is 0 Å². The van der Waals surface area contributed by atoms with E-state index in [4.69, 9.17) is 4.74 Å². The number of nitrogens with one attached hydrogen (secondary N) is 1. The summed E-state index contributed by atoms with van der Waals surface area (Å²) >= 11 is 0.